The normalized spacial score (nSPS) is 14.7. The second kappa shape index (κ2) is 8.89. The number of thiazole rings is 1. The second-order valence-corrected chi connectivity index (χ2v) is 7.81. The molecule has 0 N–H and O–H groups in total. The summed E-state index contributed by atoms with van der Waals surface area (Å²) < 4.78 is 36.9. The molecular formula is C19H21F3N4O2S. The van der Waals surface area contributed by atoms with Crippen LogP contribution in [-0.4, -0.2) is 52.5 Å². The van der Waals surface area contributed by atoms with Crippen LogP contribution in [0.1, 0.15) is 40.2 Å². The van der Waals surface area contributed by atoms with Crippen molar-refractivity contribution >= 4 is 28.3 Å². The number of pyridine rings is 1. The van der Waals surface area contributed by atoms with E-state index in [0.29, 0.717) is 41.6 Å². The number of alkyl halides is 3. The van der Waals surface area contributed by atoms with E-state index in [9.17, 15) is 22.8 Å². The number of aromatic nitrogens is 2. The first kappa shape index (κ1) is 21.2. The molecule has 0 radical (unpaired) electrons. The number of nitrogens with zero attached hydrogens (tertiary/aromatic N) is 4. The van der Waals surface area contributed by atoms with E-state index in [1.54, 1.807) is 19.3 Å². The Morgan fingerprint density at radius 3 is 2.66 bits per heavy atom. The standard InChI is InChI=1S/C19H21F3N4O2S/c1-13-16(15(27)4-3-14-5-8-23-9-6-14)29-17(24-13)26-12-11-25(18(26)28)10-2-7-19(20,21)22/h5-6,8-9H,2-4,7,10-12H2,1H3. The molecule has 1 fully saturated rings. The van der Waals surface area contributed by atoms with Gasteiger partial charge >= 0.3 is 12.2 Å². The molecule has 0 unspecified atom stereocenters. The lowest BCUT2D eigenvalue weighted by atomic mass is 10.1. The predicted molar refractivity (Wildman–Crippen MR) is 103 cm³/mol. The average Bonchev–Trinajstić information content (AvgIpc) is 3.22. The Kier molecular flexibility index (Phi) is 6.51. The molecule has 29 heavy (non-hydrogen) atoms. The van der Waals surface area contributed by atoms with Gasteiger partial charge in [0.25, 0.3) is 0 Å². The maximum atomic E-state index is 12.6. The van der Waals surface area contributed by atoms with Gasteiger partial charge in [-0.2, -0.15) is 13.2 Å². The monoisotopic (exact) mass is 426 g/mol. The Labute approximate surface area is 170 Å². The lowest BCUT2D eigenvalue weighted by Gasteiger charge is -2.17. The van der Waals surface area contributed by atoms with Gasteiger partial charge < -0.3 is 4.90 Å². The summed E-state index contributed by atoms with van der Waals surface area (Å²) >= 11 is 1.16. The third-order valence-corrected chi connectivity index (χ3v) is 5.86. The summed E-state index contributed by atoms with van der Waals surface area (Å²) in [4.78, 5) is 36.7. The molecule has 0 atom stereocenters. The number of carbonyl (C=O) groups excluding carboxylic acids is 2. The van der Waals surface area contributed by atoms with Gasteiger partial charge in [-0.3, -0.25) is 14.7 Å². The van der Waals surface area contributed by atoms with Gasteiger partial charge in [0, 0.05) is 44.9 Å². The predicted octanol–water partition coefficient (Wildman–Crippen LogP) is 4.25. The van der Waals surface area contributed by atoms with Crippen LogP contribution in [0.3, 0.4) is 0 Å². The first-order valence-corrected chi connectivity index (χ1v) is 10.1. The summed E-state index contributed by atoms with van der Waals surface area (Å²) in [6.07, 6.45) is -0.999. The fourth-order valence-electron chi connectivity index (χ4n) is 3.12. The minimum atomic E-state index is -4.22. The molecule has 0 spiro atoms. The first-order valence-electron chi connectivity index (χ1n) is 9.27. The Balaban J connectivity index is 1.59. The topological polar surface area (TPSA) is 66.4 Å². The smallest absolute Gasteiger partial charge is 0.322 e. The number of halogens is 3. The number of ketones is 1. The molecular weight excluding hydrogens is 405 g/mol. The number of hydrogen-bond acceptors (Lipinski definition) is 5. The third-order valence-electron chi connectivity index (χ3n) is 4.64. The molecule has 0 saturated carbocycles. The summed E-state index contributed by atoms with van der Waals surface area (Å²) in [7, 11) is 0. The zero-order chi connectivity index (χ0) is 21.0. The van der Waals surface area contributed by atoms with E-state index in [1.165, 1.54) is 9.80 Å². The molecule has 156 valence electrons. The van der Waals surface area contributed by atoms with Crippen molar-refractivity contribution in [2.24, 2.45) is 0 Å². The molecule has 0 bridgehead atoms. The van der Waals surface area contributed by atoms with Crippen molar-refractivity contribution in [3.05, 3.63) is 40.7 Å². The molecule has 6 nitrogen and oxygen atoms in total. The van der Waals surface area contributed by atoms with E-state index in [4.69, 9.17) is 0 Å². The first-order chi connectivity index (χ1) is 13.7. The molecule has 0 aromatic carbocycles. The van der Waals surface area contributed by atoms with E-state index >= 15 is 0 Å². The fourth-order valence-corrected chi connectivity index (χ4v) is 4.17. The van der Waals surface area contributed by atoms with Gasteiger partial charge in [-0.25, -0.2) is 9.78 Å². The quantitative estimate of drug-likeness (QED) is 0.592. The molecule has 10 heteroatoms. The van der Waals surface area contributed by atoms with Crippen LogP contribution >= 0.6 is 11.3 Å². The van der Waals surface area contributed by atoms with Gasteiger partial charge in [0.2, 0.25) is 0 Å². The largest absolute Gasteiger partial charge is 0.389 e. The highest BCUT2D eigenvalue weighted by molar-refractivity contribution is 7.17. The lowest BCUT2D eigenvalue weighted by Crippen LogP contribution is -2.32. The second-order valence-electron chi connectivity index (χ2n) is 6.83. The maximum absolute atomic E-state index is 12.6. The van der Waals surface area contributed by atoms with Crippen molar-refractivity contribution in [3.63, 3.8) is 0 Å². The molecule has 1 saturated heterocycles. The van der Waals surface area contributed by atoms with Crippen LogP contribution in [0.2, 0.25) is 0 Å². The van der Waals surface area contributed by atoms with E-state index in [-0.39, 0.29) is 24.8 Å². The van der Waals surface area contributed by atoms with Crippen LogP contribution in [0, 0.1) is 6.92 Å². The number of rotatable bonds is 8. The van der Waals surface area contributed by atoms with Gasteiger partial charge in [-0.15, -0.1) is 0 Å². The molecule has 3 heterocycles. The van der Waals surface area contributed by atoms with Crippen molar-refractivity contribution in [1.82, 2.24) is 14.9 Å². The van der Waals surface area contributed by atoms with Crippen LogP contribution in [0.4, 0.5) is 23.1 Å². The minimum absolute atomic E-state index is 0.0447. The van der Waals surface area contributed by atoms with Crippen molar-refractivity contribution in [2.45, 2.75) is 38.8 Å². The van der Waals surface area contributed by atoms with Gasteiger partial charge in [-0.05, 0) is 37.5 Å². The summed E-state index contributed by atoms with van der Waals surface area (Å²) in [5.41, 5.74) is 1.58. The molecule has 3 rings (SSSR count). The summed E-state index contributed by atoms with van der Waals surface area (Å²) in [6.45, 7) is 2.47. The van der Waals surface area contributed by atoms with Crippen LogP contribution < -0.4 is 4.90 Å². The average molecular weight is 426 g/mol. The highest BCUT2D eigenvalue weighted by Gasteiger charge is 2.33. The van der Waals surface area contributed by atoms with E-state index < -0.39 is 12.6 Å². The van der Waals surface area contributed by atoms with Gasteiger partial charge in [-0.1, -0.05) is 11.3 Å². The number of urea groups is 1. The minimum Gasteiger partial charge on any atom is -0.322 e. The van der Waals surface area contributed by atoms with Crippen LogP contribution in [0.25, 0.3) is 0 Å². The third kappa shape index (κ3) is 5.53. The highest BCUT2D eigenvalue weighted by atomic mass is 32.1. The summed E-state index contributed by atoms with van der Waals surface area (Å²) in [5.74, 6) is -0.0447. The number of anilines is 1. The maximum Gasteiger partial charge on any atom is 0.389 e. The Hall–Kier alpha value is -2.49. The molecule has 2 amide bonds. The number of amides is 2. The van der Waals surface area contributed by atoms with Crippen molar-refractivity contribution in [3.8, 4) is 0 Å². The Morgan fingerprint density at radius 1 is 1.24 bits per heavy atom. The van der Waals surface area contributed by atoms with Crippen LogP contribution in [0.5, 0.6) is 0 Å². The van der Waals surface area contributed by atoms with Gasteiger partial charge in [0.1, 0.15) is 0 Å². The molecule has 2 aromatic heterocycles. The summed E-state index contributed by atoms with van der Waals surface area (Å²) in [5, 5.41) is 0.415. The Morgan fingerprint density at radius 2 is 1.97 bits per heavy atom. The van der Waals surface area contributed by atoms with Gasteiger partial charge in [0.05, 0.1) is 10.6 Å². The van der Waals surface area contributed by atoms with Crippen molar-refractivity contribution in [2.75, 3.05) is 24.5 Å². The van der Waals surface area contributed by atoms with Crippen LogP contribution in [-0.2, 0) is 6.42 Å². The van der Waals surface area contributed by atoms with E-state index in [0.717, 1.165) is 16.9 Å². The Bertz CT molecular complexity index is 870. The van der Waals surface area contributed by atoms with Crippen molar-refractivity contribution < 1.29 is 22.8 Å². The number of aryl methyl sites for hydroxylation is 2. The summed E-state index contributed by atoms with van der Waals surface area (Å²) in [6, 6.07) is 3.35. The zero-order valence-corrected chi connectivity index (χ0v) is 16.7. The molecule has 0 aliphatic carbocycles. The molecule has 1 aliphatic heterocycles. The molecule has 1 aliphatic rings. The zero-order valence-electron chi connectivity index (χ0n) is 15.9. The van der Waals surface area contributed by atoms with Crippen LogP contribution in [0.15, 0.2) is 24.5 Å². The van der Waals surface area contributed by atoms with Crippen molar-refractivity contribution in [1.29, 1.82) is 0 Å². The van der Waals surface area contributed by atoms with E-state index in [2.05, 4.69) is 9.97 Å². The number of Topliss-reactive ketones (excluding diaryl/α,β-unsaturated/α-hetero) is 1. The SMILES string of the molecule is Cc1nc(N2CCN(CCCC(F)(F)F)C2=O)sc1C(=O)CCc1ccncc1. The van der Waals surface area contributed by atoms with Gasteiger partial charge in [0.15, 0.2) is 10.9 Å². The fraction of sp³-hybridized carbons (Fsp3) is 0.474. The number of hydrogen-bond donors (Lipinski definition) is 0. The van der Waals surface area contributed by atoms with E-state index in [1.807, 2.05) is 12.1 Å². The molecule has 2 aromatic rings. The lowest BCUT2D eigenvalue weighted by molar-refractivity contribution is -0.135. The number of carbonyl (C=O) groups is 2. The highest BCUT2D eigenvalue weighted by Crippen LogP contribution is 2.30.